The van der Waals surface area contributed by atoms with Crippen molar-refractivity contribution >= 4 is 5.97 Å². The van der Waals surface area contributed by atoms with Crippen molar-refractivity contribution in [1.29, 1.82) is 0 Å². The normalized spacial score (nSPS) is 22.1. The summed E-state index contributed by atoms with van der Waals surface area (Å²) in [4.78, 5) is 11.5. The first kappa shape index (κ1) is 13.7. The zero-order valence-electron chi connectivity index (χ0n) is 11.2. The molecule has 0 bridgehead atoms. The van der Waals surface area contributed by atoms with Gasteiger partial charge in [-0.25, -0.2) is 4.79 Å². The Labute approximate surface area is 112 Å². The molecule has 2 N–H and O–H groups in total. The molecule has 0 radical (unpaired) electrons. The van der Waals surface area contributed by atoms with Gasteiger partial charge in [-0.2, -0.15) is 0 Å². The van der Waals surface area contributed by atoms with Crippen LogP contribution < -0.4 is 15.2 Å². The van der Waals surface area contributed by atoms with Crippen molar-refractivity contribution in [2.24, 2.45) is 5.73 Å². The molecule has 1 aromatic rings. The fraction of sp³-hybridized carbons (Fsp3) is 0.500. The Kier molecular flexibility index (Phi) is 4.27. The third kappa shape index (κ3) is 2.98. The highest BCUT2D eigenvalue weighted by Crippen LogP contribution is 2.32. The molecule has 2 rings (SSSR count). The minimum atomic E-state index is -0.401. The van der Waals surface area contributed by atoms with Crippen LogP contribution in [0.1, 0.15) is 29.6 Å². The summed E-state index contributed by atoms with van der Waals surface area (Å²) in [6, 6.07) is 5.05. The van der Waals surface area contributed by atoms with E-state index in [4.69, 9.17) is 15.2 Å². The number of ether oxygens (including phenoxy) is 3. The number of nitrogens with two attached hydrogens (primary N) is 1. The van der Waals surface area contributed by atoms with Crippen molar-refractivity contribution in [3.8, 4) is 11.5 Å². The van der Waals surface area contributed by atoms with Gasteiger partial charge in [0.25, 0.3) is 0 Å². The van der Waals surface area contributed by atoms with Crippen molar-refractivity contribution in [1.82, 2.24) is 0 Å². The minimum absolute atomic E-state index is 0.0119. The average Bonchev–Trinajstić information content (AvgIpc) is 2.84. The molecule has 19 heavy (non-hydrogen) atoms. The summed E-state index contributed by atoms with van der Waals surface area (Å²) in [6.07, 6.45) is 3.02. The van der Waals surface area contributed by atoms with Gasteiger partial charge in [0, 0.05) is 6.04 Å². The predicted octanol–water partition coefficient (Wildman–Crippen LogP) is 1.74. The van der Waals surface area contributed by atoms with Gasteiger partial charge < -0.3 is 19.9 Å². The lowest BCUT2D eigenvalue weighted by molar-refractivity contribution is 0.0600. The number of carbonyl (C=O) groups excluding carboxylic acids is 1. The molecule has 0 aliphatic heterocycles. The lowest BCUT2D eigenvalue weighted by atomic mass is 10.2. The first-order chi connectivity index (χ1) is 9.15. The van der Waals surface area contributed by atoms with Crippen LogP contribution in [-0.2, 0) is 4.74 Å². The Hall–Kier alpha value is -1.75. The van der Waals surface area contributed by atoms with Crippen LogP contribution in [0.3, 0.4) is 0 Å². The monoisotopic (exact) mass is 265 g/mol. The third-order valence-corrected chi connectivity index (χ3v) is 3.37. The Morgan fingerprint density at radius 3 is 2.63 bits per heavy atom. The van der Waals surface area contributed by atoms with Crippen molar-refractivity contribution in [3.05, 3.63) is 23.8 Å². The second-order valence-corrected chi connectivity index (χ2v) is 4.61. The van der Waals surface area contributed by atoms with Crippen LogP contribution in [0.2, 0.25) is 0 Å². The van der Waals surface area contributed by atoms with Gasteiger partial charge in [0.1, 0.15) is 6.10 Å². The smallest absolute Gasteiger partial charge is 0.337 e. The second kappa shape index (κ2) is 5.93. The van der Waals surface area contributed by atoms with Gasteiger partial charge in [-0.3, -0.25) is 0 Å². The molecular weight excluding hydrogens is 246 g/mol. The van der Waals surface area contributed by atoms with E-state index >= 15 is 0 Å². The summed E-state index contributed by atoms with van der Waals surface area (Å²) in [5, 5.41) is 0. The van der Waals surface area contributed by atoms with Crippen LogP contribution >= 0.6 is 0 Å². The zero-order valence-corrected chi connectivity index (χ0v) is 11.2. The first-order valence-corrected chi connectivity index (χ1v) is 6.34. The number of carbonyl (C=O) groups is 1. The van der Waals surface area contributed by atoms with Crippen LogP contribution in [0.25, 0.3) is 0 Å². The van der Waals surface area contributed by atoms with Crippen molar-refractivity contribution in [2.75, 3.05) is 14.2 Å². The molecule has 1 aliphatic rings. The Morgan fingerprint density at radius 2 is 2.05 bits per heavy atom. The first-order valence-electron chi connectivity index (χ1n) is 6.34. The molecule has 0 heterocycles. The summed E-state index contributed by atoms with van der Waals surface area (Å²) in [5.41, 5.74) is 6.41. The lowest BCUT2D eigenvalue weighted by Crippen LogP contribution is -2.33. The molecule has 5 nitrogen and oxygen atoms in total. The lowest BCUT2D eigenvalue weighted by Gasteiger charge is -2.19. The Balaban J connectivity index is 2.18. The zero-order chi connectivity index (χ0) is 13.8. The molecule has 1 fully saturated rings. The van der Waals surface area contributed by atoms with Gasteiger partial charge in [-0.05, 0) is 37.5 Å². The minimum Gasteiger partial charge on any atom is -0.493 e. The fourth-order valence-electron chi connectivity index (χ4n) is 2.27. The molecule has 1 aliphatic carbocycles. The third-order valence-electron chi connectivity index (χ3n) is 3.37. The van der Waals surface area contributed by atoms with E-state index in [0.717, 1.165) is 19.3 Å². The van der Waals surface area contributed by atoms with Crippen LogP contribution in [0.15, 0.2) is 18.2 Å². The summed E-state index contributed by atoms with van der Waals surface area (Å²) in [6.45, 7) is 0. The predicted molar refractivity (Wildman–Crippen MR) is 70.6 cm³/mol. The number of methoxy groups -OCH3 is 2. The average molecular weight is 265 g/mol. The molecular formula is C14H19NO4. The Bertz CT molecular complexity index is 461. The van der Waals surface area contributed by atoms with E-state index in [9.17, 15) is 4.79 Å². The molecule has 0 amide bonds. The van der Waals surface area contributed by atoms with Gasteiger partial charge >= 0.3 is 5.97 Å². The summed E-state index contributed by atoms with van der Waals surface area (Å²) in [5.74, 6) is 0.724. The summed E-state index contributed by atoms with van der Waals surface area (Å²) < 4.78 is 15.8. The highest BCUT2D eigenvalue weighted by molar-refractivity contribution is 5.90. The topological polar surface area (TPSA) is 70.8 Å². The maximum atomic E-state index is 11.5. The molecule has 5 heteroatoms. The Morgan fingerprint density at radius 1 is 1.26 bits per heavy atom. The van der Waals surface area contributed by atoms with Crippen LogP contribution in [-0.4, -0.2) is 32.3 Å². The summed E-state index contributed by atoms with van der Waals surface area (Å²) >= 11 is 0. The van der Waals surface area contributed by atoms with Crippen LogP contribution in [0, 0.1) is 0 Å². The van der Waals surface area contributed by atoms with Gasteiger partial charge in [-0.15, -0.1) is 0 Å². The van der Waals surface area contributed by atoms with Gasteiger partial charge in [-0.1, -0.05) is 0 Å². The molecule has 1 saturated carbocycles. The number of hydrogen-bond donors (Lipinski definition) is 1. The molecule has 0 spiro atoms. The second-order valence-electron chi connectivity index (χ2n) is 4.61. The van der Waals surface area contributed by atoms with Crippen LogP contribution in [0.4, 0.5) is 0 Å². The molecule has 2 atom stereocenters. The van der Waals surface area contributed by atoms with Crippen molar-refractivity contribution in [3.63, 3.8) is 0 Å². The fourth-order valence-corrected chi connectivity index (χ4v) is 2.27. The van der Waals surface area contributed by atoms with E-state index < -0.39 is 5.97 Å². The maximum Gasteiger partial charge on any atom is 0.337 e. The van der Waals surface area contributed by atoms with Crippen molar-refractivity contribution in [2.45, 2.75) is 31.4 Å². The van der Waals surface area contributed by atoms with Gasteiger partial charge in [0.2, 0.25) is 0 Å². The number of hydrogen-bond acceptors (Lipinski definition) is 5. The number of benzene rings is 1. The number of rotatable bonds is 4. The number of esters is 1. The molecule has 0 aromatic heterocycles. The molecule has 2 unspecified atom stereocenters. The quantitative estimate of drug-likeness (QED) is 0.840. The highest BCUT2D eigenvalue weighted by Gasteiger charge is 2.26. The van der Waals surface area contributed by atoms with E-state index in [1.807, 2.05) is 0 Å². The van der Waals surface area contributed by atoms with Crippen LogP contribution in [0.5, 0.6) is 11.5 Å². The van der Waals surface area contributed by atoms with E-state index in [1.165, 1.54) is 14.2 Å². The highest BCUT2D eigenvalue weighted by atomic mass is 16.5. The van der Waals surface area contributed by atoms with Crippen molar-refractivity contribution < 1.29 is 19.0 Å². The van der Waals surface area contributed by atoms with E-state index in [2.05, 4.69) is 4.74 Å². The van der Waals surface area contributed by atoms with E-state index in [1.54, 1.807) is 18.2 Å². The molecule has 0 saturated heterocycles. The largest absolute Gasteiger partial charge is 0.493 e. The maximum absolute atomic E-state index is 11.5. The molecule has 1 aromatic carbocycles. The standard InChI is InChI=1S/C14H19NO4/c1-17-13-8-9(14(16)18-2)6-7-12(13)19-11-5-3-4-10(11)15/h6-8,10-11H,3-5,15H2,1-2H3. The van der Waals surface area contributed by atoms with E-state index in [0.29, 0.717) is 17.1 Å². The molecule has 104 valence electrons. The van der Waals surface area contributed by atoms with E-state index in [-0.39, 0.29) is 12.1 Å². The summed E-state index contributed by atoms with van der Waals surface area (Å²) in [7, 11) is 2.88. The SMILES string of the molecule is COC(=O)c1ccc(OC2CCCC2N)c(OC)c1. The van der Waals surface area contributed by atoms with Gasteiger partial charge in [0.05, 0.1) is 19.8 Å². The van der Waals surface area contributed by atoms with Gasteiger partial charge in [0.15, 0.2) is 11.5 Å².